The summed E-state index contributed by atoms with van der Waals surface area (Å²) in [6.45, 7) is 2.79. The Morgan fingerprint density at radius 2 is 2.00 bits per heavy atom. The molecule has 2 N–H and O–H groups in total. The quantitative estimate of drug-likeness (QED) is 0.717. The van der Waals surface area contributed by atoms with Gasteiger partial charge < -0.3 is 24.4 Å². The molecule has 2 aromatic rings. The Kier molecular flexibility index (Phi) is 5.72. The molecule has 1 atom stereocenters. The van der Waals surface area contributed by atoms with Crippen molar-refractivity contribution in [2.24, 2.45) is 0 Å². The van der Waals surface area contributed by atoms with Crippen molar-refractivity contribution in [3.8, 4) is 0 Å². The SMILES string of the molecule is CCOC(=O)C1=C(Cn2cccc(C(F)(F)F)c2=O)NC(=O)N[C@H]1c1ccc(C)o1. The number of alkyl halides is 3. The summed E-state index contributed by atoms with van der Waals surface area (Å²) >= 11 is 0. The van der Waals surface area contributed by atoms with Crippen LogP contribution < -0.4 is 16.2 Å². The number of rotatable bonds is 5. The summed E-state index contributed by atoms with van der Waals surface area (Å²) in [4.78, 5) is 37.1. The number of aryl methyl sites for hydroxylation is 1. The van der Waals surface area contributed by atoms with E-state index < -0.39 is 41.9 Å². The van der Waals surface area contributed by atoms with Crippen molar-refractivity contribution in [3.05, 3.63) is 69.2 Å². The number of halogens is 3. The summed E-state index contributed by atoms with van der Waals surface area (Å²) in [5.41, 5.74) is -2.81. The van der Waals surface area contributed by atoms with Crippen LogP contribution in [0.25, 0.3) is 0 Å². The number of carbonyl (C=O) groups is 2. The highest BCUT2D eigenvalue weighted by atomic mass is 19.4. The fourth-order valence-electron chi connectivity index (χ4n) is 3.06. The first-order valence-corrected chi connectivity index (χ1v) is 8.92. The van der Waals surface area contributed by atoms with Gasteiger partial charge >= 0.3 is 18.2 Å². The van der Waals surface area contributed by atoms with E-state index in [2.05, 4.69) is 10.6 Å². The van der Waals surface area contributed by atoms with Crippen LogP contribution >= 0.6 is 0 Å². The molecule has 1 aliphatic rings. The lowest BCUT2D eigenvalue weighted by atomic mass is 10.00. The van der Waals surface area contributed by atoms with Crippen LogP contribution in [0.3, 0.4) is 0 Å². The molecule has 0 bridgehead atoms. The number of hydrogen-bond acceptors (Lipinski definition) is 5. The lowest BCUT2D eigenvalue weighted by Gasteiger charge is -2.28. The molecule has 0 aliphatic carbocycles. The fraction of sp³-hybridized carbons (Fsp3) is 0.316. The molecule has 3 heterocycles. The molecule has 0 spiro atoms. The second-order valence-corrected chi connectivity index (χ2v) is 6.45. The molecule has 3 rings (SSSR count). The third kappa shape index (κ3) is 4.24. The van der Waals surface area contributed by atoms with Crippen LogP contribution in [0.2, 0.25) is 0 Å². The molecule has 11 heteroatoms. The number of furan rings is 1. The molecule has 1 aliphatic heterocycles. The Bertz CT molecular complexity index is 1070. The minimum absolute atomic E-state index is 0.0248. The van der Waals surface area contributed by atoms with Gasteiger partial charge in [-0.15, -0.1) is 0 Å². The van der Waals surface area contributed by atoms with Crippen molar-refractivity contribution in [1.82, 2.24) is 15.2 Å². The molecule has 0 fully saturated rings. The van der Waals surface area contributed by atoms with Gasteiger partial charge in [0.05, 0.1) is 24.4 Å². The number of nitrogens with one attached hydrogen (secondary N) is 2. The van der Waals surface area contributed by atoms with Gasteiger partial charge in [-0.25, -0.2) is 9.59 Å². The molecule has 30 heavy (non-hydrogen) atoms. The van der Waals surface area contributed by atoms with E-state index in [0.717, 1.165) is 16.8 Å². The standard InChI is InChI=1S/C19H18F3N3O5/c1-3-29-17(27)14-12(9-25-8-4-5-11(16(25)26)19(20,21)22)23-18(28)24-15(14)13-7-6-10(2)30-13/h4-8,15H,3,9H2,1-2H3,(H2,23,24,28)/t15-/m0/s1. The van der Waals surface area contributed by atoms with Gasteiger partial charge in [-0.1, -0.05) is 0 Å². The average Bonchev–Trinajstić information content (AvgIpc) is 3.08. The number of hydrogen-bond donors (Lipinski definition) is 2. The van der Waals surface area contributed by atoms with E-state index >= 15 is 0 Å². The van der Waals surface area contributed by atoms with E-state index in [9.17, 15) is 27.6 Å². The third-order valence-corrected chi connectivity index (χ3v) is 4.35. The molecular formula is C19H18F3N3O5. The molecule has 8 nitrogen and oxygen atoms in total. The van der Waals surface area contributed by atoms with Crippen LogP contribution in [-0.2, 0) is 22.3 Å². The molecule has 0 saturated heterocycles. The number of nitrogens with zero attached hydrogens (tertiary/aromatic N) is 1. The maximum Gasteiger partial charge on any atom is 0.421 e. The van der Waals surface area contributed by atoms with Crippen LogP contribution in [0.5, 0.6) is 0 Å². The molecule has 160 valence electrons. The first kappa shape index (κ1) is 21.2. The molecule has 0 saturated carbocycles. The summed E-state index contributed by atoms with van der Waals surface area (Å²) in [5, 5.41) is 4.92. The van der Waals surface area contributed by atoms with Crippen LogP contribution in [0, 0.1) is 6.92 Å². The fourth-order valence-corrected chi connectivity index (χ4v) is 3.06. The zero-order valence-electron chi connectivity index (χ0n) is 16.0. The number of ether oxygens (including phenoxy) is 1. The monoisotopic (exact) mass is 425 g/mol. The topological polar surface area (TPSA) is 103 Å². The number of amides is 2. The van der Waals surface area contributed by atoms with Gasteiger partial charge in [0.1, 0.15) is 23.1 Å². The minimum Gasteiger partial charge on any atom is -0.464 e. The van der Waals surface area contributed by atoms with E-state index in [0.29, 0.717) is 11.8 Å². The first-order valence-electron chi connectivity index (χ1n) is 8.92. The lowest BCUT2D eigenvalue weighted by Crippen LogP contribution is -2.47. The molecular weight excluding hydrogens is 407 g/mol. The van der Waals surface area contributed by atoms with Crippen molar-refractivity contribution >= 4 is 12.0 Å². The summed E-state index contributed by atoms with van der Waals surface area (Å²) < 4.78 is 50.5. The van der Waals surface area contributed by atoms with E-state index in [1.54, 1.807) is 26.0 Å². The van der Waals surface area contributed by atoms with E-state index in [-0.39, 0.29) is 23.6 Å². The molecule has 0 aromatic carbocycles. The first-order chi connectivity index (χ1) is 14.1. The Labute approximate surface area is 168 Å². The average molecular weight is 425 g/mol. The Morgan fingerprint density at radius 3 is 2.60 bits per heavy atom. The summed E-state index contributed by atoms with van der Waals surface area (Å²) in [6, 6.07) is 3.16. The van der Waals surface area contributed by atoms with Crippen molar-refractivity contribution in [2.75, 3.05) is 6.61 Å². The second-order valence-electron chi connectivity index (χ2n) is 6.45. The molecule has 2 amide bonds. The zero-order valence-corrected chi connectivity index (χ0v) is 16.0. The Hall–Kier alpha value is -3.50. The van der Waals surface area contributed by atoms with Crippen LogP contribution in [0.15, 0.2) is 50.9 Å². The van der Waals surface area contributed by atoms with Crippen LogP contribution in [-0.4, -0.2) is 23.2 Å². The van der Waals surface area contributed by atoms with Crippen LogP contribution in [0.4, 0.5) is 18.0 Å². The molecule has 0 radical (unpaired) electrons. The minimum atomic E-state index is -4.84. The van der Waals surface area contributed by atoms with Gasteiger partial charge in [0.15, 0.2) is 0 Å². The molecule has 0 unspecified atom stereocenters. The second kappa shape index (κ2) is 8.09. The predicted octanol–water partition coefficient (Wildman–Crippen LogP) is 2.64. The van der Waals surface area contributed by atoms with Gasteiger partial charge in [-0.05, 0) is 38.1 Å². The van der Waals surface area contributed by atoms with Crippen molar-refractivity contribution in [1.29, 1.82) is 0 Å². The van der Waals surface area contributed by atoms with Gasteiger partial charge in [0, 0.05) is 6.20 Å². The smallest absolute Gasteiger partial charge is 0.421 e. The number of allylic oxidation sites excluding steroid dienone is 1. The zero-order chi connectivity index (χ0) is 22.1. The molecule has 2 aromatic heterocycles. The van der Waals surface area contributed by atoms with E-state index in [1.165, 1.54) is 0 Å². The van der Waals surface area contributed by atoms with Gasteiger partial charge in [-0.3, -0.25) is 4.79 Å². The van der Waals surface area contributed by atoms with Gasteiger partial charge in [0.25, 0.3) is 5.56 Å². The van der Waals surface area contributed by atoms with Crippen molar-refractivity contribution in [3.63, 3.8) is 0 Å². The highest BCUT2D eigenvalue weighted by molar-refractivity contribution is 5.94. The maximum absolute atomic E-state index is 13.1. The maximum atomic E-state index is 13.1. The van der Waals surface area contributed by atoms with Crippen LogP contribution in [0.1, 0.15) is 30.0 Å². The highest BCUT2D eigenvalue weighted by Gasteiger charge is 2.37. The van der Waals surface area contributed by atoms with Gasteiger partial charge in [-0.2, -0.15) is 13.2 Å². The van der Waals surface area contributed by atoms with E-state index in [1.807, 2.05) is 0 Å². The predicted molar refractivity (Wildman–Crippen MR) is 97.2 cm³/mol. The number of carbonyl (C=O) groups excluding carboxylic acids is 2. The summed E-state index contributed by atoms with van der Waals surface area (Å²) in [7, 11) is 0. The van der Waals surface area contributed by atoms with E-state index in [4.69, 9.17) is 9.15 Å². The Morgan fingerprint density at radius 1 is 1.27 bits per heavy atom. The lowest BCUT2D eigenvalue weighted by molar-refractivity contribution is -0.140. The third-order valence-electron chi connectivity index (χ3n) is 4.35. The van der Waals surface area contributed by atoms with Crippen molar-refractivity contribution < 1.29 is 31.9 Å². The Balaban J connectivity index is 2.12. The number of pyridine rings is 1. The largest absolute Gasteiger partial charge is 0.464 e. The van der Waals surface area contributed by atoms with Gasteiger partial charge in [0.2, 0.25) is 0 Å². The normalized spacial score (nSPS) is 16.8. The number of urea groups is 1. The summed E-state index contributed by atoms with van der Waals surface area (Å²) in [6.07, 6.45) is -3.71. The number of aromatic nitrogens is 1. The summed E-state index contributed by atoms with van der Waals surface area (Å²) in [5.74, 6) is -0.0463. The highest BCUT2D eigenvalue weighted by Crippen LogP contribution is 2.30. The van der Waals surface area contributed by atoms with Crippen molar-refractivity contribution in [2.45, 2.75) is 32.6 Å². The number of esters is 1.